The van der Waals surface area contributed by atoms with E-state index < -0.39 is 6.72 Å². The summed E-state index contributed by atoms with van der Waals surface area (Å²) in [5.41, 5.74) is 1.97. The molecule has 0 heterocycles. The van der Waals surface area contributed by atoms with Crippen molar-refractivity contribution >= 4 is 30.1 Å². The van der Waals surface area contributed by atoms with Crippen LogP contribution in [0.1, 0.15) is 25.8 Å². The number of hydrogen-bond acceptors (Lipinski definition) is 4. The second kappa shape index (κ2) is 8.95. The Bertz CT molecular complexity index is 705. The standard InChI is InChI=1S/C18H23N2O2PS/c1-4-16(3)24-23(21,22-18-8-6-5-7-9-18)20-14-19-17-12-10-15(2)11-13-17/h5-14,16H,4H2,1-3H3,(H,19,20,21). The molecule has 0 bridgehead atoms. The molecule has 0 aromatic heterocycles. The summed E-state index contributed by atoms with van der Waals surface area (Å²) in [6.45, 7) is 2.97. The quantitative estimate of drug-likeness (QED) is 0.357. The third-order valence-electron chi connectivity index (χ3n) is 3.33. The molecular formula is C18H23N2O2PS. The Morgan fingerprint density at radius 3 is 2.50 bits per heavy atom. The summed E-state index contributed by atoms with van der Waals surface area (Å²) in [6, 6.07) is 17.0. The first-order chi connectivity index (χ1) is 11.5. The molecule has 2 atom stereocenters. The molecule has 2 rings (SSSR count). The Morgan fingerprint density at radius 1 is 1.21 bits per heavy atom. The van der Waals surface area contributed by atoms with E-state index in [1.54, 1.807) is 12.1 Å². The minimum Gasteiger partial charge on any atom is -0.422 e. The number of nitrogens with one attached hydrogen (secondary N) is 1. The van der Waals surface area contributed by atoms with Crippen molar-refractivity contribution in [2.75, 3.05) is 0 Å². The highest BCUT2D eigenvalue weighted by Gasteiger charge is 2.27. The Kier molecular flexibility index (Phi) is 6.95. The van der Waals surface area contributed by atoms with Crippen LogP contribution in [-0.4, -0.2) is 11.6 Å². The molecule has 1 N–H and O–H groups in total. The van der Waals surface area contributed by atoms with Gasteiger partial charge in [-0.15, -0.1) is 0 Å². The Balaban J connectivity index is 2.10. The number of benzene rings is 2. The van der Waals surface area contributed by atoms with Gasteiger partial charge in [0.2, 0.25) is 0 Å². The molecule has 6 heteroatoms. The largest absolute Gasteiger partial charge is 0.422 e. The van der Waals surface area contributed by atoms with Crippen molar-refractivity contribution in [3.8, 4) is 5.75 Å². The van der Waals surface area contributed by atoms with Crippen molar-refractivity contribution in [2.45, 2.75) is 32.4 Å². The lowest BCUT2D eigenvalue weighted by Gasteiger charge is -2.20. The third kappa shape index (κ3) is 6.06. The zero-order valence-corrected chi connectivity index (χ0v) is 15.9. The van der Waals surface area contributed by atoms with Crippen LogP contribution in [0.2, 0.25) is 0 Å². The lowest BCUT2D eigenvalue weighted by molar-refractivity contribution is 0.495. The monoisotopic (exact) mass is 362 g/mol. The van der Waals surface area contributed by atoms with Crippen molar-refractivity contribution < 1.29 is 9.09 Å². The number of aryl methyl sites for hydroxylation is 1. The van der Waals surface area contributed by atoms with Crippen molar-refractivity contribution in [3.05, 3.63) is 60.2 Å². The molecule has 0 saturated carbocycles. The van der Waals surface area contributed by atoms with Gasteiger partial charge in [-0.05, 0) is 49.0 Å². The molecule has 0 amide bonds. The van der Waals surface area contributed by atoms with Gasteiger partial charge in [0.1, 0.15) is 5.75 Å². The Labute approximate surface area is 148 Å². The normalized spacial score (nSPS) is 15.0. The van der Waals surface area contributed by atoms with Gasteiger partial charge in [-0.1, -0.05) is 49.7 Å². The zero-order chi connectivity index (χ0) is 17.4. The van der Waals surface area contributed by atoms with Gasteiger partial charge in [-0.3, -0.25) is 5.09 Å². The van der Waals surface area contributed by atoms with Crippen LogP contribution in [0, 0.1) is 6.92 Å². The summed E-state index contributed by atoms with van der Waals surface area (Å²) in [7, 11) is 0. The van der Waals surface area contributed by atoms with E-state index in [1.165, 1.54) is 23.3 Å². The highest BCUT2D eigenvalue weighted by molar-refractivity contribution is 8.56. The van der Waals surface area contributed by atoms with Crippen LogP contribution in [0.3, 0.4) is 0 Å². The van der Waals surface area contributed by atoms with Crippen LogP contribution < -0.4 is 9.61 Å². The van der Waals surface area contributed by atoms with Crippen molar-refractivity contribution in [2.24, 2.45) is 4.99 Å². The molecule has 128 valence electrons. The van der Waals surface area contributed by atoms with Gasteiger partial charge in [-0.2, -0.15) is 0 Å². The van der Waals surface area contributed by atoms with Crippen LogP contribution in [0.4, 0.5) is 5.69 Å². The first-order valence-electron chi connectivity index (χ1n) is 7.91. The Hall–Kier alpha value is -1.71. The van der Waals surface area contributed by atoms with Gasteiger partial charge in [-0.25, -0.2) is 9.56 Å². The third-order valence-corrected chi connectivity index (χ3v) is 7.63. The summed E-state index contributed by atoms with van der Waals surface area (Å²) >= 11 is 1.31. The first kappa shape index (κ1) is 18.6. The van der Waals surface area contributed by atoms with Crippen LogP contribution in [0.15, 0.2) is 59.6 Å². The molecule has 2 aromatic rings. The molecule has 0 fully saturated rings. The van der Waals surface area contributed by atoms with E-state index in [0.29, 0.717) is 5.75 Å². The second-order valence-corrected chi connectivity index (χ2v) is 9.97. The van der Waals surface area contributed by atoms with E-state index in [2.05, 4.69) is 17.0 Å². The Morgan fingerprint density at radius 2 is 1.88 bits per heavy atom. The van der Waals surface area contributed by atoms with E-state index in [-0.39, 0.29) is 5.25 Å². The van der Waals surface area contributed by atoms with Crippen molar-refractivity contribution in [1.82, 2.24) is 5.09 Å². The van der Waals surface area contributed by atoms with Crippen molar-refractivity contribution in [1.29, 1.82) is 0 Å². The highest BCUT2D eigenvalue weighted by Crippen LogP contribution is 2.57. The smallest absolute Gasteiger partial charge is 0.400 e. The molecule has 0 radical (unpaired) electrons. The lowest BCUT2D eigenvalue weighted by atomic mass is 10.2. The maximum Gasteiger partial charge on any atom is 0.400 e. The van der Waals surface area contributed by atoms with Gasteiger partial charge in [0.25, 0.3) is 0 Å². The first-order valence-corrected chi connectivity index (χ1v) is 11.0. The molecule has 0 aliphatic rings. The predicted octanol–water partition coefficient (Wildman–Crippen LogP) is 5.96. The summed E-state index contributed by atoms with van der Waals surface area (Å²) in [6.07, 6.45) is 2.37. The van der Waals surface area contributed by atoms with Crippen molar-refractivity contribution in [3.63, 3.8) is 0 Å². The zero-order valence-electron chi connectivity index (χ0n) is 14.2. The average molecular weight is 362 g/mol. The predicted molar refractivity (Wildman–Crippen MR) is 104 cm³/mol. The molecule has 0 aliphatic carbocycles. The van der Waals surface area contributed by atoms with E-state index in [9.17, 15) is 4.57 Å². The summed E-state index contributed by atoms with van der Waals surface area (Å²) in [5.74, 6) is 0.577. The minimum absolute atomic E-state index is 0.208. The molecule has 4 nitrogen and oxygen atoms in total. The molecule has 0 saturated heterocycles. The molecule has 2 aromatic carbocycles. The van der Waals surface area contributed by atoms with Crippen LogP contribution in [-0.2, 0) is 4.57 Å². The van der Waals surface area contributed by atoms with E-state index in [4.69, 9.17) is 4.52 Å². The maximum atomic E-state index is 13.1. The van der Waals surface area contributed by atoms with Crippen LogP contribution in [0.5, 0.6) is 5.75 Å². The van der Waals surface area contributed by atoms with Gasteiger partial charge in [0, 0.05) is 5.25 Å². The number of nitrogens with zero attached hydrogens (tertiary/aromatic N) is 1. The average Bonchev–Trinajstić information content (AvgIpc) is 2.57. The molecule has 0 aliphatic heterocycles. The fraction of sp³-hybridized carbons (Fsp3) is 0.278. The fourth-order valence-corrected chi connectivity index (χ4v) is 5.77. The van der Waals surface area contributed by atoms with Gasteiger partial charge in [0.05, 0.1) is 12.0 Å². The maximum absolute atomic E-state index is 13.1. The number of aliphatic imine (C=N–C) groups is 1. The summed E-state index contributed by atoms with van der Waals surface area (Å²) < 4.78 is 18.9. The van der Waals surface area contributed by atoms with Gasteiger partial charge < -0.3 is 4.52 Å². The molecular weight excluding hydrogens is 339 g/mol. The van der Waals surface area contributed by atoms with E-state index in [1.807, 2.05) is 56.3 Å². The van der Waals surface area contributed by atoms with E-state index >= 15 is 0 Å². The summed E-state index contributed by atoms with van der Waals surface area (Å²) in [4.78, 5) is 4.31. The second-order valence-electron chi connectivity index (χ2n) is 5.45. The molecule has 24 heavy (non-hydrogen) atoms. The lowest BCUT2D eigenvalue weighted by Crippen LogP contribution is -2.12. The van der Waals surface area contributed by atoms with Gasteiger partial charge >= 0.3 is 6.72 Å². The van der Waals surface area contributed by atoms with Gasteiger partial charge in [0.15, 0.2) is 0 Å². The molecule has 2 unspecified atom stereocenters. The number of para-hydroxylation sites is 1. The summed E-state index contributed by atoms with van der Waals surface area (Å²) in [5, 5.41) is 3.09. The van der Waals surface area contributed by atoms with E-state index in [0.717, 1.165) is 12.1 Å². The molecule has 0 spiro atoms. The van der Waals surface area contributed by atoms with Crippen LogP contribution >= 0.6 is 18.1 Å². The fourth-order valence-electron chi connectivity index (χ4n) is 1.81. The number of rotatable bonds is 8. The minimum atomic E-state index is -3.14. The number of hydrogen-bond donors (Lipinski definition) is 1. The SMILES string of the molecule is CCC(C)SP(=O)(NC=Nc1ccc(C)cc1)Oc1ccccc1. The van der Waals surface area contributed by atoms with Crippen LogP contribution in [0.25, 0.3) is 0 Å². The highest BCUT2D eigenvalue weighted by atomic mass is 32.7. The topological polar surface area (TPSA) is 50.7 Å².